The average Bonchev–Trinajstić information content (AvgIpc) is 3.03. The zero-order chi connectivity index (χ0) is 16.3. The number of imide groups is 1. The van der Waals surface area contributed by atoms with E-state index in [1.165, 1.54) is 9.78 Å². The Hall–Kier alpha value is -2.29. The van der Waals surface area contributed by atoms with Crippen molar-refractivity contribution in [2.45, 2.75) is 50.2 Å². The summed E-state index contributed by atoms with van der Waals surface area (Å²) in [5.74, 6) is 0.386. The second-order valence-electron chi connectivity index (χ2n) is 6.61. The van der Waals surface area contributed by atoms with E-state index in [1.54, 1.807) is 16.0 Å². The highest BCUT2D eigenvalue weighted by molar-refractivity contribution is 7.10. The predicted molar refractivity (Wildman–Crippen MR) is 84.1 cm³/mol. The van der Waals surface area contributed by atoms with E-state index < -0.39 is 5.54 Å². The van der Waals surface area contributed by atoms with Crippen molar-refractivity contribution in [1.29, 1.82) is 0 Å². The van der Waals surface area contributed by atoms with Crippen LogP contribution in [0.2, 0.25) is 0 Å². The van der Waals surface area contributed by atoms with Crippen LogP contribution in [0, 0.1) is 0 Å². The first-order valence-electron chi connectivity index (χ1n) is 8.17. The zero-order valence-electron chi connectivity index (χ0n) is 12.9. The molecule has 0 bridgehead atoms. The minimum Gasteiger partial charge on any atom is -0.319 e. The molecule has 124 valence electrons. The number of amides is 3. The molecule has 1 N–H and O–H groups in total. The quantitative estimate of drug-likeness (QED) is 0.849. The topological polar surface area (TPSA) is 93.0 Å². The highest BCUT2D eigenvalue weighted by Crippen LogP contribution is 2.42. The van der Waals surface area contributed by atoms with Gasteiger partial charge in [0.2, 0.25) is 0 Å². The Labute approximate surface area is 141 Å². The lowest BCUT2D eigenvalue weighted by atomic mass is 9.80. The lowest BCUT2D eigenvalue weighted by Gasteiger charge is -2.31. The molecule has 3 heterocycles. The fraction of sp³-hybridized carbons (Fsp3) is 0.533. The van der Waals surface area contributed by atoms with Gasteiger partial charge in [-0.2, -0.15) is 0 Å². The maximum atomic E-state index is 13.1. The van der Waals surface area contributed by atoms with Crippen LogP contribution in [-0.4, -0.2) is 37.0 Å². The van der Waals surface area contributed by atoms with Gasteiger partial charge in [0, 0.05) is 10.4 Å². The molecular formula is C15H16N6O2S. The van der Waals surface area contributed by atoms with Gasteiger partial charge in [0.1, 0.15) is 5.54 Å². The summed E-state index contributed by atoms with van der Waals surface area (Å²) in [4.78, 5) is 28.1. The molecule has 1 unspecified atom stereocenters. The Kier molecular flexibility index (Phi) is 2.85. The molecule has 9 heteroatoms. The highest BCUT2D eigenvalue weighted by atomic mass is 32.1. The van der Waals surface area contributed by atoms with Crippen molar-refractivity contribution in [3.05, 3.63) is 27.7 Å². The molecule has 3 aliphatic rings. The van der Waals surface area contributed by atoms with E-state index in [0.29, 0.717) is 18.3 Å². The maximum Gasteiger partial charge on any atom is 0.325 e. The summed E-state index contributed by atoms with van der Waals surface area (Å²) in [6.07, 6.45) is 4.59. The number of hydrogen-bond acceptors (Lipinski definition) is 6. The molecule has 2 aliphatic carbocycles. The van der Waals surface area contributed by atoms with Crippen molar-refractivity contribution in [3.63, 3.8) is 0 Å². The number of carbonyl (C=O) groups is 2. The second-order valence-corrected chi connectivity index (χ2v) is 7.61. The molecular weight excluding hydrogens is 328 g/mol. The van der Waals surface area contributed by atoms with Crippen LogP contribution in [0.25, 0.3) is 0 Å². The van der Waals surface area contributed by atoms with Crippen LogP contribution in [0.1, 0.15) is 48.0 Å². The predicted octanol–water partition coefficient (Wildman–Crippen LogP) is 1.35. The van der Waals surface area contributed by atoms with E-state index in [9.17, 15) is 9.59 Å². The van der Waals surface area contributed by atoms with Crippen LogP contribution in [-0.2, 0) is 23.3 Å². The van der Waals surface area contributed by atoms with Gasteiger partial charge >= 0.3 is 6.03 Å². The molecule has 0 aromatic carbocycles. The SMILES string of the molecule is O=C1NC2(CCCc3sccc32)C(=O)N1Cc1nnnn1C1CC1. The van der Waals surface area contributed by atoms with Gasteiger partial charge in [0.05, 0.1) is 12.6 Å². The van der Waals surface area contributed by atoms with Gasteiger partial charge in [-0.1, -0.05) is 0 Å². The van der Waals surface area contributed by atoms with Crippen LogP contribution in [0.3, 0.4) is 0 Å². The normalized spacial score (nSPS) is 26.1. The number of rotatable bonds is 3. The standard InChI is InChI=1S/C15H16N6O2S/c22-13-15(6-1-2-11-10(15)5-7-24-11)16-14(23)20(13)8-12-17-18-19-21(12)9-3-4-9/h5,7,9H,1-4,6,8H2,(H,16,23). The van der Waals surface area contributed by atoms with E-state index in [-0.39, 0.29) is 18.5 Å². The minimum absolute atomic E-state index is 0.120. The number of aryl methyl sites for hydroxylation is 1. The molecule has 5 rings (SSSR count). The van der Waals surface area contributed by atoms with Gasteiger partial charge in [0.25, 0.3) is 5.91 Å². The Morgan fingerprint density at radius 2 is 2.25 bits per heavy atom. The number of aromatic nitrogens is 4. The van der Waals surface area contributed by atoms with E-state index in [2.05, 4.69) is 20.8 Å². The van der Waals surface area contributed by atoms with Crippen molar-refractivity contribution in [2.24, 2.45) is 0 Å². The summed E-state index contributed by atoms with van der Waals surface area (Å²) < 4.78 is 1.74. The van der Waals surface area contributed by atoms with Crippen molar-refractivity contribution in [2.75, 3.05) is 0 Å². The number of thiophene rings is 1. The van der Waals surface area contributed by atoms with Gasteiger partial charge in [-0.05, 0) is 54.0 Å². The third kappa shape index (κ3) is 1.87. The third-order valence-corrected chi connectivity index (χ3v) is 6.07. The first kappa shape index (κ1) is 14.1. The average molecular weight is 344 g/mol. The number of carbonyl (C=O) groups excluding carboxylic acids is 2. The van der Waals surface area contributed by atoms with E-state index in [0.717, 1.165) is 31.2 Å². The summed E-state index contributed by atoms with van der Waals surface area (Å²) in [7, 11) is 0. The Morgan fingerprint density at radius 3 is 3.08 bits per heavy atom. The van der Waals surface area contributed by atoms with Gasteiger partial charge in [-0.3, -0.25) is 9.69 Å². The van der Waals surface area contributed by atoms with Crippen LogP contribution >= 0.6 is 11.3 Å². The van der Waals surface area contributed by atoms with Crippen molar-refractivity contribution >= 4 is 23.3 Å². The van der Waals surface area contributed by atoms with Crippen molar-refractivity contribution in [1.82, 2.24) is 30.4 Å². The van der Waals surface area contributed by atoms with Crippen LogP contribution in [0.5, 0.6) is 0 Å². The number of tetrazole rings is 1. The van der Waals surface area contributed by atoms with Gasteiger partial charge in [-0.15, -0.1) is 16.4 Å². The van der Waals surface area contributed by atoms with E-state index in [1.807, 2.05) is 11.4 Å². The summed E-state index contributed by atoms with van der Waals surface area (Å²) in [5, 5.41) is 16.6. The lowest BCUT2D eigenvalue weighted by Crippen LogP contribution is -2.46. The molecule has 1 saturated heterocycles. The fourth-order valence-corrected chi connectivity index (χ4v) is 4.75. The number of nitrogens with zero attached hydrogens (tertiary/aromatic N) is 5. The van der Waals surface area contributed by atoms with Gasteiger partial charge in [-0.25, -0.2) is 9.48 Å². The molecule has 1 atom stereocenters. The molecule has 1 spiro atoms. The molecule has 2 aromatic rings. The van der Waals surface area contributed by atoms with Crippen LogP contribution < -0.4 is 5.32 Å². The molecule has 0 radical (unpaired) electrons. The third-order valence-electron chi connectivity index (χ3n) is 5.09. The zero-order valence-corrected chi connectivity index (χ0v) is 13.8. The smallest absolute Gasteiger partial charge is 0.319 e. The Bertz CT molecular complexity index is 841. The molecule has 8 nitrogen and oxygen atoms in total. The van der Waals surface area contributed by atoms with Crippen molar-refractivity contribution < 1.29 is 9.59 Å². The summed E-state index contributed by atoms with van der Waals surface area (Å²) in [6, 6.07) is 1.92. The van der Waals surface area contributed by atoms with Gasteiger partial charge in [0.15, 0.2) is 5.82 Å². The van der Waals surface area contributed by atoms with E-state index >= 15 is 0 Å². The summed E-state index contributed by atoms with van der Waals surface area (Å²) >= 11 is 1.65. The van der Waals surface area contributed by atoms with Crippen molar-refractivity contribution in [3.8, 4) is 0 Å². The lowest BCUT2D eigenvalue weighted by molar-refractivity contribution is -0.132. The molecule has 2 aromatic heterocycles. The maximum absolute atomic E-state index is 13.1. The Morgan fingerprint density at radius 1 is 1.38 bits per heavy atom. The molecule has 24 heavy (non-hydrogen) atoms. The van der Waals surface area contributed by atoms with E-state index in [4.69, 9.17) is 0 Å². The molecule has 1 saturated carbocycles. The first-order valence-corrected chi connectivity index (χ1v) is 9.05. The van der Waals surface area contributed by atoms with Gasteiger partial charge < -0.3 is 5.32 Å². The van der Waals surface area contributed by atoms with Crippen LogP contribution in [0.15, 0.2) is 11.4 Å². The fourth-order valence-electron chi connectivity index (χ4n) is 3.75. The van der Waals surface area contributed by atoms with Crippen LogP contribution in [0.4, 0.5) is 4.79 Å². The highest BCUT2D eigenvalue weighted by Gasteiger charge is 2.54. The number of urea groups is 1. The minimum atomic E-state index is -0.900. The number of fused-ring (bicyclic) bond motifs is 2. The summed E-state index contributed by atoms with van der Waals surface area (Å²) in [5.41, 5.74) is 0.0593. The monoisotopic (exact) mass is 344 g/mol. The molecule has 1 aliphatic heterocycles. The first-order chi connectivity index (χ1) is 11.7. The largest absolute Gasteiger partial charge is 0.325 e. The summed E-state index contributed by atoms with van der Waals surface area (Å²) in [6.45, 7) is 0.120. The number of hydrogen-bond donors (Lipinski definition) is 1. The molecule has 3 amide bonds. The second kappa shape index (κ2) is 4.85. The molecule has 2 fully saturated rings. The number of nitrogens with one attached hydrogen (secondary N) is 1. The Balaban J connectivity index is 1.48.